The molecule has 2 rings (SSSR count). The van der Waals surface area contributed by atoms with Gasteiger partial charge in [-0.05, 0) is 26.8 Å². The molecule has 0 amide bonds. The first-order valence-electron chi connectivity index (χ1n) is 8.30. The van der Waals surface area contributed by atoms with Crippen LogP contribution in [0.25, 0.3) is 17.5 Å². The normalized spacial score (nSPS) is 10.4. The molecule has 0 aliphatic heterocycles. The zero-order valence-electron chi connectivity index (χ0n) is 15.7. The van der Waals surface area contributed by atoms with Crippen molar-refractivity contribution in [2.45, 2.75) is 39.6 Å². The molecule has 0 fully saturated rings. The third-order valence-corrected chi connectivity index (χ3v) is 3.12. The van der Waals surface area contributed by atoms with E-state index in [1.165, 1.54) is 0 Å². The summed E-state index contributed by atoms with van der Waals surface area (Å²) >= 11 is 4.33. The van der Waals surface area contributed by atoms with E-state index in [4.69, 9.17) is 0 Å². The number of allylic oxidation sites excluding steroid dienone is 4. The molecule has 3 nitrogen and oxygen atoms in total. The number of thiol groups is 1. The molecule has 4 heteroatoms. The van der Waals surface area contributed by atoms with E-state index in [1.54, 1.807) is 12.2 Å². The first-order chi connectivity index (χ1) is 12.0. The molecule has 0 spiro atoms. The van der Waals surface area contributed by atoms with Gasteiger partial charge in [0.1, 0.15) is 10.9 Å². The molecule has 0 bridgehead atoms. The number of aromatic nitrogens is 2. The van der Waals surface area contributed by atoms with E-state index < -0.39 is 0 Å². The van der Waals surface area contributed by atoms with Gasteiger partial charge in [0.25, 0.3) is 5.56 Å². The average molecular weight is 357 g/mol. The number of hydrogen-bond acceptors (Lipinski definition) is 3. The topological polar surface area (TPSA) is 45.8 Å². The molecule has 0 aliphatic carbocycles. The second kappa shape index (κ2) is 13.0. The van der Waals surface area contributed by atoms with Crippen LogP contribution in [0.5, 0.6) is 0 Å². The highest BCUT2D eigenvalue weighted by molar-refractivity contribution is 7.80. The molecular formula is C21H28N2OS. The fraction of sp³-hybridized carbons (Fsp3) is 0.238. The maximum absolute atomic E-state index is 12.2. The van der Waals surface area contributed by atoms with Crippen molar-refractivity contribution in [2.75, 3.05) is 0 Å². The summed E-state index contributed by atoms with van der Waals surface area (Å²) in [5.74, 6) is 0.529. The number of hydrogen-bond donors (Lipinski definition) is 2. The lowest BCUT2D eigenvalue weighted by atomic mass is 10.2. The summed E-state index contributed by atoms with van der Waals surface area (Å²) in [5.41, 5.74) is 2.12. The maximum atomic E-state index is 12.2. The Bertz CT molecular complexity index is 759. The maximum Gasteiger partial charge on any atom is 0.259 e. The molecule has 2 aromatic rings. The van der Waals surface area contributed by atoms with Crippen LogP contribution in [0.15, 0.2) is 70.5 Å². The third kappa shape index (κ3) is 7.86. The molecule has 1 aromatic heterocycles. The lowest BCUT2D eigenvalue weighted by Crippen LogP contribution is -2.13. The summed E-state index contributed by atoms with van der Waals surface area (Å²) in [7, 11) is 0. The van der Waals surface area contributed by atoms with Crippen molar-refractivity contribution in [1.82, 2.24) is 9.97 Å². The van der Waals surface area contributed by atoms with Gasteiger partial charge in [-0.2, -0.15) is 0 Å². The van der Waals surface area contributed by atoms with E-state index in [0.717, 1.165) is 11.1 Å². The van der Waals surface area contributed by atoms with Gasteiger partial charge in [-0.1, -0.05) is 68.0 Å². The first kappa shape index (κ1) is 22.7. The third-order valence-electron chi connectivity index (χ3n) is 2.78. The van der Waals surface area contributed by atoms with Crippen LogP contribution >= 0.6 is 12.6 Å². The number of rotatable bonds is 3. The Labute approximate surface area is 156 Å². The number of H-pyrrole nitrogens is 1. The van der Waals surface area contributed by atoms with Gasteiger partial charge in [0.2, 0.25) is 0 Å². The number of nitrogens with one attached hydrogen (secondary N) is 1. The molecule has 0 aliphatic rings. The fourth-order valence-electron chi connectivity index (χ4n) is 1.87. The summed E-state index contributed by atoms with van der Waals surface area (Å²) in [5, 5.41) is 0.427. The molecule has 0 atom stereocenters. The van der Waals surface area contributed by atoms with Gasteiger partial charge in [-0.15, -0.1) is 19.2 Å². The Morgan fingerprint density at radius 1 is 1.20 bits per heavy atom. The van der Waals surface area contributed by atoms with Crippen molar-refractivity contribution >= 4 is 18.7 Å². The monoisotopic (exact) mass is 356 g/mol. The molecule has 25 heavy (non-hydrogen) atoms. The van der Waals surface area contributed by atoms with Crippen molar-refractivity contribution in [3.63, 3.8) is 0 Å². The zero-order chi connectivity index (χ0) is 19.2. The van der Waals surface area contributed by atoms with Crippen LogP contribution in [0, 0.1) is 0 Å². The van der Waals surface area contributed by atoms with Crippen molar-refractivity contribution < 1.29 is 0 Å². The van der Waals surface area contributed by atoms with Crippen molar-refractivity contribution in [2.24, 2.45) is 0 Å². The van der Waals surface area contributed by atoms with E-state index in [-0.39, 0.29) is 5.56 Å². The summed E-state index contributed by atoms with van der Waals surface area (Å²) in [6.07, 6.45) is 7.38. The van der Waals surface area contributed by atoms with Crippen molar-refractivity contribution in [3.05, 3.63) is 76.6 Å². The van der Waals surface area contributed by atoms with Crippen molar-refractivity contribution in [1.29, 1.82) is 0 Å². The second-order valence-electron chi connectivity index (χ2n) is 4.81. The minimum Gasteiger partial charge on any atom is -0.306 e. The summed E-state index contributed by atoms with van der Waals surface area (Å²) in [6, 6.07) is 9.51. The van der Waals surface area contributed by atoms with Crippen LogP contribution < -0.4 is 5.56 Å². The molecule has 0 saturated heterocycles. The minimum absolute atomic E-state index is 0.187. The quantitative estimate of drug-likeness (QED) is 0.310. The zero-order valence-corrected chi connectivity index (χ0v) is 16.6. The molecule has 1 aromatic carbocycles. The highest BCUT2D eigenvalue weighted by Gasteiger charge is 2.08. The summed E-state index contributed by atoms with van der Waals surface area (Å²) in [6.45, 7) is 13.1. The van der Waals surface area contributed by atoms with Crippen LogP contribution in [-0.4, -0.2) is 9.97 Å². The highest BCUT2D eigenvalue weighted by Crippen LogP contribution is 2.17. The highest BCUT2D eigenvalue weighted by atomic mass is 32.1. The van der Waals surface area contributed by atoms with E-state index in [9.17, 15) is 4.79 Å². The van der Waals surface area contributed by atoms with Crippen LogP contribution in [0.4, 0.5) is 0 Å². The summed E-state index contributed by atoms with van der Waals surface area (Å²) in [4.78, 5) is 19.3. The van der Waals surface area contributed by atoms with Gasteiger partial charge >= 0.3 is 0 Å². The van der Waals surface area contributed by atoms with E-state index in [2.05, 4.69) is 29.2 Å². The molecule has 1 N–H and O–H groups in total. The minimum atomic E-state index is -0.187. The smallest absolute Gasteiger partial charge is 0.259 e. The molecular weight excluding hydrogens is 328 g/mol. The number of benzene rings is 1. The van der Waals surface area contributed by atoms with E-state index in [1.807, 2.05) is 77.1 Å². The predicted molar refractivity (Wildman–Crippen MR) is 113 cm³/mol. The SMILES string of the molecule is C/C=C/C(C)=C/c1c(S)nc(-c2ccccc2)[nH]c1=O.C=CC.CC. The molecule has 0 radical (unpaired) electrons. The van der Waals surface area contributed by atoms with Gasteiger partial charge < -0.3 is 4.98 Å². The Morgan fingerprint density at radius 3 is 2.24 bits per heavy atom. The Kier molecular flexibility index (Phi) is 11.8. The molecule has 1 heterocycles. The van der Waals surface area contributed by atoms with Crippen LogP contribution in [0.1, 0.15) is 40.2 Å². The van der Waals surface area contributed by atoms with Crippen molar-refractivity contribution in [3.8, 4) is 11.4 Å². The molecule has 0 unspecified atom stereocenters. The molecule has 0 saturated carbocycles. The van der Waals surface area contributed by atoms with Gasteiger partial charge in [0, 0.05) is 5.56 Å². The second-order valence-corrected chi connectivity index (χ2v) is 5.24. The fourth-order valence-corrected chi connectivity index (χ4v) is 2.14. The van der Waals surface area contributed by atoms with Gasteiger partial charge in [-0.25, -0.2) is 4.98 Å². The van der Waals surface area contributed by atoms with Crippen LogP contribution in [0.2, 0.25) is 0 Å². The summed E-state index contributed by atoms with van der Waals surface area (Å²) < 4.78 is 0. The lowest BCUT2D eigenvalue weighted by molar-refractivity contribution is 1.02. The van der Waals surface area contributed by atoms with Crippen LogP contribution in [-0.2, 0) is 0 Å². The Balaban J connectivity index is 0.00000104. The largest absolute Gasteiger partial charge is 0.306 e. The van der Waals surface area contributed by atoms with E-state index >= 15 is 0 Å². The first-order valence-corrected chi connectivity index (χ1v) is 8.75. The number of aromatic amines is 1. The standard InChI is InChI=1S/C16H16N2OS.C3H6.C2H6/c1-3-7-11(2)10-13-15(19)17-14(18-16(13)20)12-8-5-4-6-9-12;1-3-2;1-2/h3-10H,1-2H3,(H2,17,18,19,20);3H,1H2,2H3;1-2H3/b7-3+,11-10+;;. The van der Waals surface area contributed by atoms with E-state index in [0.29, 0.717) is 16.4 Å². The van der Waals surface area contributed by atoms with Gasteiger partial charge in [0.15, 0.2) is 0 Å². The predicted octanol–water partition coefficient (Wildman–Crippen LogP) is 5.92. The lowest BCUT2D eigenvalue weighted by Gasteiger charge is -2.04. The van der Waals surface area contributed by atoms with Crippen LogP contribution in [0.3, 0.4) is 0 Å². The average Bonchev–Trinajstić information content (AvgIpc) is 2.61. The number of nitrogens with zero attached hydrogens (tertiary/aromatic N) is 1. The van der Waals surface area contributed by atoms with Gasteiger partial charge in [-0.3, -0.25) is 4.79 Å². The molecule has 134 valence electrons. The Morgan fingerprint density at radius 2 is 1.76 bits per heavy atom. The van der Waals surface area contributed by atoms with Gasteiger partial charge in [0.05, 0.1) is 5.56 Å². The Hall–Kier alpha value is -2.33.